The average Bonchev–Trinajstić information content (AvgIpc) is 2.75. The van der Waals surface area contributed by atoms with Crippen LogP contribution in [0.4, 0.5) is 5.69 Å². The van der Waals surface area contributed by atoms with E-state index in [-0.39, 0.29) is 51.2 Å². The minimum absolute atomic E-state index is 0.0225. The molecule has 0 saturated heterocycles. The maximum atomic E-state index is 13.0. The second-order valence-electron chi connectivity index (χ2n) is 7.02. The smallest absolute Gasteiger partial charge is 0.208 e. The van der Waals surface area contributed by atoms with Gasteiger partial charge >= 0.3 is 0 Å². The number of benzene rings is 2. The molecule has 2 atom stereocenters. The van der Waals surface area contributed by atoms with Crippen LogP contribution in [-0.2, 0) is 19.9 Å². The zero-order valence-electron chi connectivity index (χ0n) is 17.3. The van der Waals surface area contributed by atoms with Gasteiger partial charge in [0.15, 0.2) is 5.75 Å². The first-order valence-corrected chi connectivity index (χ1v) is 14.1. The van der Waals surface area contributed by atoms with E-state index in [0.29, 0.717) is 5.69 Å². The zero-order valence-corrected chi connectivity index (χ0v) is 21.2. The minimum atomic E-state index is -3.96. The topological polar surface area (TPSA) is 142 Å². The van der Waals surface area contributed by atoms with Crippen LogP contribution in [-0.4, -0.2) is 71.1 Å². The fourth-order valence-corrected chi connectivity index (χ4v) is 5.12. The highest BCUT2D eigenvalue weighted by molar-refractivity contribution is 7.91. The summed E-state index contributed by atoms with van der Waals surface area (Å²) in [6.07, 6.45) is -0.940. The normalized spacial score (nSPS) is 14.0. The van der Waals surface area contributed by atoms with Crippen molar-refractivity contribution in [3.05, 3.63) is 46.4 Å². The number of anilines is 1. The molecule has 0 aliphatic carbocycles. The fourth-order valence-electron chi connectivity index (χ4n) is 2.50. The molecule has 9 nitrogen and oxygen atoms in total. The van der Waals surface area contributed by atoms with Gasteiger partial charge in [-0.3, -0.25) is 0 Å². The Balaban J connectivity index is 2.11. The summed E-state index contributed by atoms with van der Waals surface area (Å²) in [6, 6.07) is 8.12. The molecule has 0 spiro atoms. The van der Waals surface area contributed by atoms with Gasteiger partial charge < -0.3 is 20.3 Å². The molecule has 0 aliphatic heterocycles. The largest absolute Gasteiger partial charge is 0.488 e. The quantitative estimate of drug-likeness (QED) is 0.289. The van der Waals surface area contributed by atoms with Gasteiger partial charge in [-0.15, -0.1) is 11.6 Å². The van der Waals surface area contributed by atoms with Crippen molar-refractivity contribution in [2.45, 2.75) is 22.0 Å². The molecule has 0 aliphatic rings. The van der Waals surface area contributed by atoms with Crippen molar-refractivity contribution in [3.63, 3.8) is 0 Å². The number of rotatable bonds is 12. The van der Waals surface area contributed by atoms with Crippen LogP contribution in [0.25, 0.3) is 0 Å². The number of halogens is 3. The van der Waals surface area contributed by atoms with Crippen molar-refractivity contribution in [2.75, 3.05) is 37.1 Å². The second kappa shape index (κ2) is 11.9. The maximum absolute atomic E-state index is 13.0. The molecule has 0 bridgehead atoms. The Hall–Kier alpha value is -1.31. The highest BCUT2D eigenvalue weighted by Crippen LogP contribution is 2.37. The lowest BCUT2D eigenvalue weighted by molar-refractivity contribution is 0.125. The van der Waals surface area contributed by atoms with Crippen LogP contribution in [0.2, 0.25) is 10.0 Å². The average molecular weight is 562 g/mol. The first-order valence-electron chi connectivity index (χ1n) is 9.41. The molecule has 0 fully saturated rings. The zero-order chi connectivity index (χ0) is 24.8. The predicted octanol–water partition coefficient (Wildman–Crippen LogP) is 2.13. The van der Waals surface area contributed by atoms with Crippen LogP contribution in [0, 0.1) is 0 Å². The lowest BCUT2D eigenvalue weighted by atomic mass is 10.3. The number of hydrogen-bond acceptors (Lipinski definition) is 8. The first-order chi connectivity index (χ1) is 15.3. The van der Waals surface area contributed by atoms with Crippen LogP contribution < -0.4 is 14.8 Å². The van der Waals surface area contributed by atoms with E-state index >= 15 is 0 Å². The lowest BCUT2D eigenvalue weighted by Crippen LogP contribution is -2.35. The van der Waals surface area contributed by atoms with E-state index in [9.17, 15) is 27.0 Å². The monoisotopic (exact) mass is 560 g/mol. The van der Waals surface area contributed by atoms with Crippen LogP contribution >= 0.6 is 34.8 Å². The van der Waals surface area contributed by atoms with E-state index < -0.39 is 32.1 Å². The van der Waals surface area contributed by atoms with Gasteiger partial charge in [-0.05, 0) is 36.4 Å². The van der Waals surface area contributed by atoms with Crippen LogP contribution in [0.15, 0.2) is 46.2 Å². The standard InChI is InChI=1S/C19H23Cl3N2O7S2/c1-32(27,28)24-10-14(26)9-23-12-2-4-15(5-3-12)33(29,30)16-6-17(21)19(18(22)7-16)31-11-13(25)8-20/h2-7,13-14,23-26H,8-11H2,1H3/t13-,14-/m0/s1. The summed E-state index contributed by atoms with van der Waals surface area (Å²) < 4.78 is 55.6. The van der Waals surface area contributed by atoms with E-state index in [1.807, 2.05) is 0 Å². The van der Waals surface area contributed by atoms with E-state index in [1.165, 1.54) is 36.4 Å². The number of aliphatic hydroxyl groups excluding tert-OH is 2. The first kappa shape index (κ1) is 27.9. The predicted molar refractivity (Wildman–Crippen MR) is 128 cm³/mol. The van der Waals surface area contributed by atoms with Crippen LogP contribution in [0.1, 0.15) is 0 Å². The third-order valence-electron chi connectivity index (χ3n) is 4.17. The third kappa shape index (κ3) is 8.45. The number of ether oxygens (including phenoxy) is 1. The van der Waals surface area contributed by atoms with Crippen molar-refractivity contribution in [1.82, 2.24) is 4.72 Å². The molecule has 0 radical (unpaired) electrons. The molecule has 14 heteroatoms. The molecule has 4 N–H and O–H groups in total. The molecular weight excluding hydrogens is 539 g/mol. The van der Waals surface area contributed by atoms with E-state index in [0.717, 1.165) is 6.26 Å². The summed E-state index contributed by atoms with van der Waals surface area (Å²) >= 11 is 17.8. The van der Waals surface area contributed by atoms with E-state index in [4.69, 9.17) is 39.5 Å². The molecule has 0 unspecified atom stereocenters. The van der Waals surface area contributed by atoms with E-state index in [2.05, 4.69) is 10.0 Å². The molecule has 2 rings (SSSR count). The summed E-state index contributed by atoms with van der Waals surface area (Å²) in [6.45, 7) is -0.285. The fraction of sp³-hybridized carbons (Fsp3) is 0.368. The Morgan fingerprint density at radius 1 is 0.939 bits per heavy atom. The molecule has 0 saturated carbocycles. The van der Waals surface area contributed by atoms with Gasteiger partial charge in [0.2, 0.25) is 19.9 Å². The number of nitrogens with one attached hydrogen (secondary N) is 2. The van der Waals surface area contributed by atoms with Gasteiger partial charge in [0.25, 0.3) is 0 Å². The molecule has 2 aromatic carbocycles. The highest BCUT2D eigenvalue weighted by atomic mass is 35.5. The number of aliphatic hydroxyl groups is 2. The molecular formula is C19H23Cl3N2O7S2. The second-order valence-corrected chi connectivity index (χ2v) is 11.9. The Bertz CT molecular complexity index is 1140. The SMILES string of the molecule is CS(=O)(=O)NC[C@@H](O)CNc1ccc(S(=O)(=O)c2cc(Cl)c(OC[C@@H](O)CCl)c(Cl)c2)cc1. The van der Waals surface area contributed by atoms with Gasteiger partial charge in [0, 0.05) is 18.8 Å². The Morgan fingerprint density at radius 2 is 1.52 bits per heavy atom. The molecule has 2 aromatic rings. The van der Waals surface area contributed by atoms with Gasteiger partial charge in [0.1, 0.15) is 12.7 Å². The van der Waals surface area contributed by atoms with E-state index in [1.54, 1.807) is 0 Å². The van der Waals surface area contributed by atoms with Crippen LogP contribution in [0.5, 0.6) is 5.75 Å². The number of hydrogen-bond donors (Lipinski definition) is 4. The molecule has 0 heterocycles. The van der Waals surface area contributed by atoms with Gasteiger partial charge in [-0.2, -0.15) is 0 Å². The molecule has 0 aromatic heterocycles. The van der Waals surface area contributed by atoms with Gasteiger partial charge in [-0.25, -0.2) is 21.6 Å². The van der Waals surface area contributed by atoms with Crippen molar-refractivity contribution in [3.8, 4) is 5.75 Å². The van der Waals surface area contributed by atoms with Crippen LogP contribution in [0.3, 0.4) is 0 Å². The highest BCUT2D eigenvalue weighted by Gasteiger charge is 2.22. The Kier molecular flexibility index (Phi) is 10.1. The number of alkyl halides is 1. The van der Waals surface area contributed by atoms with Crippen molar-refractivity contribution in [2.24, 2.45) is 0 Å². The summed E-state index contributed by atoms with van der Waals surface area (Å²) in [5.41, 5.74) is 0.519. The summed E-state index contributed by atoms with van der Waals surface area (Å²) in [5, 5.41) is 22.1. The van der Waals surface area contributed by atoms with Gasteiger partial charge in [-0.1, -0.05) is 23.2 Å². The lowest BCUT2D eigenvalue weighted by Gasteiger charge is -2.15. The summed E-state index contributed by atoms with van der Waals surface area (Å²) in [7, 11) is -7.37. The van der Waals surface area contributed by atoms with Crippen molar-refractivity contribution < 1.29 is 31.8 Å². The summed E-state index contributed by atoms with van der Waals surface area (Å²) in [5.74, 6) is -0.0202. The minimum Gasteiger partial charge on any atom is -0.488 e. The molecule has 0 amide bonds. The van der Waals surface area contributed by atoms with Crippen molar-refractivity contribution >= 4 is 60.4 Å². The number of sulfone groups is 1. The van der Waals surface area contributed by atoms with Gasteiger partial charge in [0.05, 0.1) is 38.1 Å². The number of sulfonamides is 1. The van der Waals surface area contributed by atoms with Crippen molar-refractivity contribution in [1.29, 1.82) is 0 Å². The Labute approximate surface area is 207 Å². The Morgan fingerprint density at radius 3 is 2.03 bits per heavy atom. The third-order valence-corrected chi connectivity index (χ3v) is 7.53. The molecule has 33 heavy (non-hydrogen) atoms. The molecule has 184 valence electrons. The summed E-state index contributed by atoms with van der Waals surface area (Å²) in [4.78, 5) is -0.170. The maximum Gasteiger partial charge on any atom is 0.208 e.